The molecule has 1 saturated carbocycles. The van der Waals surface area contributed by atoms with Crippen molar-refractivity contribution in [3.63, 3.8) is 0 Å². The number of nitrogens with zero attached hydrogens (tertiary/aromatic N) is 2. The van der Waals surface area contributed by atoms with Crippen LogP contribution in [0.15, 0.2) is 42.6 Å². The van der Waals surface area contributed by atoms with E-state index in [4.69, 9.17) is 0 Å². The highest BCUT2D eigenvalue weighted by atomic mass is 16.1. The number of para-hydroxylation sites is 1. The Balaban J connectivity index is 1.90. The smallest absolute Gasteiger partial charge is 0.214 e. The zero-order chi connectivity index (χ0) is 16.1. The summed E-state index contributed by atoms with van der Waals surface area (Å²) in [5.41, 5.74) is 2.71. The number of hydrogen-bond acceptors (Lipinski definition) is 4. The van der Waals surface area contributed by atoms with Crippen LogP contribution < -0.4 is 15.5 Å². The fourth-order valence-corrected chi connectivity index (χ4v) is 3.11. The minimum absolute atomic E-state index is 0.284. The maximum absolute atomic E-state index is 11.7. The Labute approximate surface area is 136 Å². The van der Waals surface area contributed by atoms with Gasteiger partial charge in [-0.3, -0.25) is 4.79 Å². The third-order valence-electron chi connectivity index (χ3n) is 4.31. The van der Waals surface area contributed by atoms with Crippen molar-refractivity contribution in [3.8, 4) is 0 Å². The lowest BCUT2D eigenvalue weighted by molar-refractivity contribution is -0.107. The summed E-state index contributed by atoms with van der Waals surface area (Å²) in [6.07, 6.45) is 7.20. The first-order chi connectivity index (χ1) is 11.3. The minimum Gasteiger partial charge on any atom is -0.385 e. The quantitative estimate of drug-likeness (QED) is 0.797. The second kappa shape index (κ2) is 7.13. The topological polar surface area (TPSA) is 57.3 Å². The van der Waals surface area contributed by atoms with Crippen LogP contribution in [0.1, 0.15) is 25.7 Å². The lowest BCUT2D eigenvalue weighted by Crippen LogP contribution is -2.32. The van der Waals surface area contributed by atoms with Gasteiger partial charge < -0.3 is 15.5 Å². The standard InChI is InChI=1S/C18H22N4O/c1-19-16-12-20-18(21-14-7-3-2-4-8-14)11-17(16)22(13-23)15-9-5-6-10-15/h2-4,7-8,11-13,15,19H,5-6,9-10H2,1H3,(H,20,21). The van der Waals surface area contributed by atoms with E-state index in [-0.39, 0.29) is 6.04 Å². The molecule has 0 saturated heterocycles. The predicted molar refractivity (Wildman–Crippen MR) is 94.3 cm³/mol. The molecule has 1 aromatic heterocycles. The molecule has 1 amide bonds. The van der Waals surface area contributed by atoms with Crippen molar-refractivity contribution < 1.29 is 4.79 Å². The molecule has 0 atom stereocenters. The Morgan fingerprint density at radius 2 is 1.96 bits per heavy atom. The van der Waals surface area contributed by atoms with E-state index >= 15 is 0 Å². The van der Waals surface area contributed by atoms with E-state index in [0.717, 1.165) is 42.1 Å². The van der Waals surface area contributed by atoms with Gasteiger partial charge in [0.1, 0.15) is 5.82 Å². The first kappa shape index (κ1) is 15.3. The maximum atomic E-state index is 11.7. The largest absolute Gasteiger partial charge is 0.385 e. The van der Waals surface area contributed by atoms with Crippen molar-refractivity contribution in [3.05, 3.63) is 42.6 Å². The van der Waals surface area contributed by atoms with Crippen LogP contribution in [0.5, 0.6) is 0 Å². The van der Waals surface area contributed by atoms with Gasteiger partial charge in [-0.15, -0.1) is 0 Å². The van der Waals surface area contributed by atoms with Crippen LogP contribution in [-0.2, 0) is 4.79 Å². The fraction of sp³-hybridized carbons (Fsp3) is 0.333. The van der Waals surface area contributed by atoms with Gasteiger partial charge in [-0.2, -0.15) is 0 Å². The Hall–Kier alpha value is -2.56. The van der Waals surface area contributed by atoms with Gasteiger partial charge in [-0.1, -0.05) is 31.0 Å². The van der Waals surface area contributed by atoms with Crippen LogP contribution in [-0.4, -0.2) is 24.5 Å². The number of pyridine rings is 1. The van der Waals surface area contributed by atoms with Gasteiger partial charge in [-0.25, -0.2) is 4.98 Å². The number of nitrogens with one attached hydrogen (secondary N) is 2. The lowest BCUT2D eigenvalue weighted by Gasteiger charge is -2.27. The van der Waals surface area contributed by atoms with Gasteiger partial charge in [0.15, 0.2) is 0 Å². The van der Waals surface area contributed by atoms with Gasteiger partial charge in [-0.05, 0) is 25.0 Å². The lowest BCUT2D eigenvalue weighted by atomic mass is 10.2. The van der Waals surface area contributed by atoms with E-state index in [1.54, 1.807) is 6.20 Å². The highest BCUT2D eigenvalue weighted by Gasteiger charge is 2.24. The monoisotopic (exact) mass is 310 g/mol. The number of aromatic nitrogens is 1. The molecule has 0 aliphatic heterocycles. The number of carbonyl (C=O) groups is 1. The molecule has 2 N–H and O–H groups in total. The summed E-state index contributed by atoms with van der Waals surface area (Å²) >= 11 is 0. The Morgan fingerprint density at radius 3 is 2.61 bits per heavy atom. The molecule has 23 heavy (non-hydrogen) atoms. The molecule has 5 heteroatoms. The molecule has 1 fully saturated rings. The molecule has 1 aliphatic rings. The van der Waals surface area contributed by atoms with Crippen LogP contribution in [0.3, 0.4) is 0 Å². The van der Waals surface area contributed by atoms with Gasteiger partial charge in [0.25, 0.3) is 0 Å². The number of rotatable bonds is 6. The normalized spacial score (nSPS) is 14.5. The molecule has 0 spiro atoms. The van der Waals surface area contributed by atoms with Gasteiger partial charge in [0, 0.05) is 24.8 Å². The summed E-state index contributed by atoms with van der Waals surface area (Å²) in [6, 6.07) is 12.1. The van der Waals surface area contributed by atoms with E-state index in [2.05, 4.69) is 15.6 Å². The molecule has 0 unspecified atom stereocenters. The van der Waals surface area contributed by atoms with E-state index in [1.165, 1.54) is 12.8 Å². The minimum atomic E-state index is 0.284. The number of hydrogen-bond donors (Lipinski definition) is 2. The van der Waals surface area contributed by atoms with Crippen LogP contribution in [0.2, 0.25) is 0 Å². The number of carbonyl (C=O) groups excluding carboxylic acids is 1. The van der Waals surface area contributed by atoms with Gasteiger partial charge in [0.2, 0.25) is 6.41 Å². The predicted octanol–water partition coefficient (Wildman–Crippen LogP) is 3.77. The van der Waals surface area contributed by atoms with E-state index in [1.807, 2.05) is 48.3 Å². The second-order valence-corrected chi connectivity index (χ2v) is 5.78. The van der Waals surface area contributed by atoms with E-state index in [0.29, 0.717) is 0 Å². The molecule has 120 valence electrons. The van der Waals surface area contributed by atoms with Crippen molar-refractivity contribution in [2.24, 2.45) is 0 Å². The van der Waals surface area contributed by atoms with Crippen molar-refractivity contribution in [2.45, 2.75) is 31.7 Å². The molecule has 2 aromatic rings. The summed E-state index contributed by atoms with van der Waals surface area (Å²) in [4.78, 5) is 18.0. The highest BCUT2D eigenvalue weighted by molar-refractivity contribution is 5.85. The van der Waals surface area contributed by atoms with Crippen LogP contribution in [0.4, 0.5) is 22.9 Å². The molecule has 1 aliphatic carbocycles. The molecule has 1 heterocycles. The summed E-state index contributed by atoms with van der Waals surface area (Å²) in [5, 5.41) is 6.42. The zero-order valence-corrected chi connectivity index (χ0v) is 13.3. The molecule has 0 bridgehead atoms. The number of benzene rings is 1. The SMILES string of the molecule is CNc1cnc(Nc2ccccc2)cc1N(C=O)C1CCCC1. The maximum Gasteiger partial charge on any atom is 0.214 e. The summed E-state index contributed by atoms with van der Waals surface area (Å²) in [5.74, 6) is 0.732. The first-order valence-corrected chi connectivity index (χ1v) is 8.05. The molecule has 5 nitrogen and oxygen atoms in total. The van der Waals surface area contributed by atoms with Crippen LogP contribution >= 0.6 is 0 Å². The molecular formula is C18H22N4O. The third-order valence-corrected chi connectivity index (χ3v) is 4.31. The zero-order valence-electron chi connectivity index (χ0n) is 13.3. The molecule has 3 rings (SSSR count). The summed E-state index contributed by atoms with van der Waals surface area (Å²) in [7, 11) is 1.85. The van der Waals surface area contributed by atoms with Crippen molar-refractivity contribution >= 4 is 29.3 Å². The highest BCUT2D eigenvalue weighted by Crippen LogP contribution is 2.33. The Bertz CT molecular complexity index is 653. The molecule has 0 radical (unpaired) electrons. The van der Waals surface area contributed by atoms with Crippen LogP contribution in [0, 0.1) is 0 Å². The third kappa shape index (κ3) is 3.44. The molecular weight excluding hydrogens is 288 g/mol. The Kier molecular flexibility index (Phi) is 4.76. The number of amides is 1. The van der Waals surface area contributed by atoms with E-state index < -0.39 is 0 Å². The summed E-state index contributed by atoms with van der Waals surface area (Å²) < 4.78 is 0. The average molecular weight is 310 g/mol. The van der Waals surface area contributed by atoms with Crippen molar-refractivity contribution in [2.75, 3.05) is 22.6 Å². The second-order valence-electron chi connectivity index (χ2n) is 5.78. The van der Waals surface area contributed by atoms with Gasteiger partial charge in [0.05, 0.1) is 17.6 Å². The summed E-state index contributed by atoms with van der Waals surface area (Å²) in [6.45, 7) is 0. The van der Waals surface area contributed by atoms with Crippen molar-refractivity contribution in [1.29, 1.82) is 0 Å². The average Bonchev–Trinajstić information content (AvgIpc) is 3.11. The number of anilines is 4. The van der Waals surface area contributed by atoms with E-state index in [9.17, 15) is 4.79 Å². The van der Waals surface area contributed by atoms with Crippen LogP contribution in [0.25, 0.3) is 0 Å². The van der Waals surface area contributed by atoms with Gasteiger partial charge >= 0.3 is 0 Å². The Morgan fingerprint density at radius 1 is 1.22 bits per heavy atom. The fourth-order valence-electron chi connectivity index (χ4n) is 3.11. The molecule has 1 aromatic carbocycles. The first-order valence-electron chi connectivity index (χ1n) is 8.05. The van der Waals surface area contributed by atoms with Crippen molar-refractivity contribution in [1.82, 2.24) is 4.98 Å².